The number of carbonyl (C=O) groups is 2. The number of benzene rings is 2. The van der Waals surface area contributed by atoms with E-state index in [1.165, 1.54) is 4.31 Å². The number of piperidine rings is 1. The monoisotopic (exact) mass is 429 g/mol. The van der Waals surface area contributed by atoms with E-state index in [0.717, 1.165) is 18.4 Å². The average molecular weight is 430 g/mol. The molecule has 30 heavy (non-hydrogen) atoms. The lowest BCUT2D eigenvalue weighted by atomic mass is 10.0. The molecule has 3 rings (SSSR count). The van der Waals surface area contributed by atoms with Crippen LogP contribution in [0.15, 0.2) is 65.6 Å². The van der Waals surface area contributed by atoms with Gasteiger partial charge >= 0.3 is 0 Å². The maximum absolute atomic E-state index is 13.0. The Labute approximate surface area is 177 Å². The van der Waals surface area contributed by atoms with E-state index in [4.69, 9.17) is 0 Å². The van der Waals surface area contributed by atoms with Gasteiger partial charge in [0.1, 0.15) is 6.04 Å². The Balaban J connectivity index is 1.51. The van der Waals surface area contributed by atoms with Crippen LogP contribution in [0.5, 0.6) is 0 Å². The van der Waals surface area contributed by atoms with Crippen LogP contribution >= 0.6 is 0 Å². The van der Waals surface area contributed by atoms with Crippen LogP contribution in [0.4, 0.5) is 0 Å². The fraction of sp³-hybridized carbons (Fsp3) is 0.364. The Kier molecular flexibility index (Phi) is 7.59. The van der Waals surface area contributed by atoms with Gasteiger partial charge in [0, 0.05) is 19.6 Å². The van der Waals surface area contributed by atoms with Crippen molar-refractivity contribution in [3.05, 3.63) is 66.2 Å². The molecule has 1 atom stereocenters. The van der Waals surface area contributed by atoms with E-state index in [2.05, 4.69) is 10.6 Å². The van der Waals surface area contributed by atoms with Gasteiger partial charge in [0.2, 0.25) is 21.8 Å². The van der Waals surface area contributed by atoms with E-state index >= 15 is 0 Å². The first-order valence-corrected chi connectivity index (χ1v) is 11.6. The van der Waals surface area contributed by atoms with Crippen LogP contribution in [0.3, 0.4) is 0 Å². The molecule has 0 bridgehead atoms. The number of nitrogens with zero attached hydrogens (tertiary/aromatic N) is 1. The van der Waals surface area contributed by atoms with Crippen molar-refractivity contribution in [2.24, 2.45) is 0 Å². The van der Waals surface area contributed by atoms with Crippen molar-refractivity contribution in [2.45, 2.75) is 36.6 Å². The number of nitrogens with one attached hydrogen (secondary N) is 2. The largest absolute Gasteiger partial charge is 0.354 e. The quantitative estimate of drug-likeness (QED) is 0.625. The van der Waals surface area contributed by atoms with E-state index in [1.807, 2.05) is 30.3 Å². The van der Waals surface area contributed by atoms with Crippen molar-refractivity contribution >= 4 is 21.8 Å². The fourth-order valence-corrected chi connectivity index (χ4v) is 5.21. The first kappa shape index (κ1) is 22.0. The standard InChI is InChI=1S/C22H27N3O4S/c26-21(17-18-9-3-1-4-10-18)23-14-15-24-22(27)20-13-7-8-16-25(20)30(28,29)19-11-5-2-6-12-19/h1-6,9-12,20H,7-8,13-17H2,(H,23,26)(H,24,27). The van der Waals surface area contributed by atoms with Crippen LogP contribution in [0.2, 0.25) is 0 Å². The van der Waals surface area contributed by atoms with Crippen molar-refractivity contribution in [3.8, 4) is 0 Å². The van der Waals surface area contributed by atoms with Crippen molar-refractivity contribution in [1.29, 1.82) is 0 Å². The topological polar surface area (TPSA) is 95.6 Å². The SMILES string of the molecule is O=C(Cc1ccccc1)NCCNC(=O)C1CCCCN1S(=O)(=O)c1ccccc1. The normalized spacial score (nSPS) is 17.3. The first-order valence-electron chi connectivity index (χ1n) is 10.1. The molecule has 8 heteroatoms. The molecule has 0 aliphatic carbocycles. The Hall–Kier alpha value is -2.71. The number of sulfonamides is 1. The summed E-state index contributed by atoms with van der Waals surface area (Å²) in [5, 5.41) is 5.54. The number of hydrogen-bond donors (Lipinski definition) is 2. The second-order valence-electron chi connectivity index (χ2n) is 7.24. The summed E-state index contributed by atoms with van der Waals surface area (Å²) in [4.78, 5) is 24.9. The van der Waals surface area contributed by atoms with Crippen LogP contribution in [0.25, 0.3) is 0 Å². The summed E-state index contributed by atoms with van der Waals surface area (Å²) in [5.41, 5.74) is 0.919. The van der Waals surface area contributed by atoms with Gasteiger partial charge in [0.25, 0.3) is 0 Å². The number of carbonyl (C=O) groups excluding carboxylic acids is 2. The molecule has 1 aliphatic heterocycles. The summed E-state index contributed by atoms with van der Waals surface area (Å²) in [6.45, 7) is 0.855. The van der Waals surface area contributed by atoms with Crippen molar-refractivity contribution in [1.82, 2.24) is 14.9 Å². The van der Waals surface area contributed by atoms with Gasteiger partial charge in [-0.2, -0.15) is 4.31 Å². The van der Waals surface area contributed by atoms with Gasteiger partial charge in [-0.05, 0) is 30.5 Å². The third-order valence-corrected chi connectivity index (χ3v) is 6.98. The molecule has 1 fully saturated rings. The lowest BCUT2D eigenvalue weighted by Gasteiger charge is -2.33. The average Bonchev–Trinajstić information content (AvgIpc) is 2.78. The molecule has 1 aliphatic rings. The second kappa shape index (κ2) is 10.4. The molecule has 2 N–H and O–H groups in total. The molecule has 0 spiro atoms. The predicted octanol–water partition coefficient (Wildman–Crippen LogP) is 1.70. The highest BCUT2D eigenvalue weighted by Crippen LogP contribution is 2.25. The predicted molar refractivity (Wildman–Crippen MR) is 114 cm³/mol. The summed E-state index contributed by atoms with van der Waals surface area (Å²) in [6.07, 6.45) is 2.29. The minimum atomic E-state index is -3.73. The minimum absolute atomic E-state index is 0.124. The Morgan fingerprint density at radius 3 is 2.23 bits per heavy atom. The van der Waals surface area contributed by atoms with Crippen LogP contribution in [-0.4, -0.2) is 50.2 Å². The molecule has 7 nitrogen and oxygen atoms in total. The third-order valence-electron chi connectivity index (χ3n) is 5.06. The lowest BCUT2D eigenvalue weighted by molar-refractivity contribution is -0.126. The van der Waals surface area contributed by atoms with Gasteiger partial charge < -0.3 is 10.6 Å². The Morgan fingerprint density at radius 1 is 0.900 bits per heavy atom. The van der Waals surface area contributed by atoms with Gasteiger partial charge in [0.05, 0.1) is 11.3 Å². The van der Waals surface area contributed by atoms with Crippen LogP contribution in [0, 0.1) is 0 Å². The van der Waals surface area contributed by atoms with E-state index in [0.29, 0.717) is 13.0 Å². The molecule has 0 saturated carbocycles. The van der Waals surface area contributed by atoms with Crippen molar-refractivity contribution < 1.29 is 18.0 Å². The van der Waals surface area contributed by atoms with E-state index in [-0.39, 0.29) is 36.2 Å². The maximum atomic E-state index is 13.0. The summed E-state index contributed by atoms with van der Waals surface area (Å²) >= 11 is 0. The fourth-order valence-electron chi connectivity index (χ4n) is 3.53. The molecule has 0 aromatic heterocycles. The molecule has 1 saturated heterocycles. The molecule has 1 unspecified atom stereocenters. The Morgan fingerprint density at radius 2 is 1.53 bits per heavy atom. The molecule has 0 radical (unpaired) electrons. The van der Waals surface area contributed by atoms with Crippen LogP contribution in [0.1, 0.15) is 24.8 Å². The van der Waals surface area contributed by atoms with Crippen LogP contribution in [-0.2, 0) is 26.0 Å². The summed E-state index contributed by atoms with van der Waals surface area (Å²) in [5.74, 6) is -0.451. The van der Waals surface area contributed by atoms with E-state index in [9.17, 15) is 18.0 Å². The number of rotatable bonds is 8. The van der Waals surface area contributed by atoms with Gasteiger partial charge in [-0.15, -0.1) is 0 Å². The van der Waals surface area contributed by atoms with E-state index in [1.54, 1.807) is 30.3 Å². The molecule has 2 aromatic rings. The zero-order valence-corrected chi connectivity index (χ0v) is 17.6. The Bertz CT molecular complexity index is 949. The minimum Gasteiger partial charge on any atom is -0.354 e. The summed E-state index contributed by atoms with van der Waals surface area (Å²) in [7, 11) is -3.73. The van der Waals surface area contributed by atoms with E-state index < -0.39 is 16.1 Å². The van der Waals surface area contributed by atoms with Gasteiger partial charge in [0.15, 0.2) is 0 Å². The maximum Gasteiger partial charge on any atom is 0.243 e. The molecule has 1 heterocycles. The van der Waals surface area contributed by atoms with Gasteiger partial charge in [-0.3, -0.25) is 9.59 Å². The summed E-state index contributed by atoms with van der Waals surface area (Å²) < 4.78 is 27.3. The summed E-state index contributed by atoms with van der Waals surface area (Å²) in [6, 6.07) is 16.9. The smallest absolute Gasteiger partial charge is 0.243 e. The zero-order valence-electron chi connectivity index (χ0n) is 16.8. The number of hydrogen-bond acceptors (Lipinski definition) is 4. The van der Waals surface area contributed by atoms with Crippen molar-refractivity contribution in [3.63, 3.8) is 0 Å². The molecular weight excluding hydrogens is 402 g/mol. The third kappa shape index (κ3) is 5.67. The lowest BCUT2D eigenvalue weighted by Crippen LogP contribution is -2.52. The zero-order chi connectivity index (χ0) is 21.4. The van der Waals surface area contributed by atoms with Gasteiger partial charge in [-0.1, -0.05) is 55.0 Å². The van der Waals surface area contributed by atoms with Gasteiger partial charge in [-0.25, -0.2) is 8.42 Å². The molecule has 2 aromatic carbocycles. The molecule has 2 amide bonds. The number of amides is 2. The van der Waals surface area contributed by atoms with Crippen LogP contribution < -0.4 is 10.6 Å². The van der Waals surface area contributed by atoms with Crippen molar-refractivity contribution in [2.75, 3.05) is 19.6 Å². The molecule has 160 valence electrons. The second-order valence-corrected chi connectivity index (χ2v) is 9.13. The first-order chi connectivity index (χ1) is 14.5. The highest BCUT2D eigenvalue weighted by atomic mass is 32.2. The molecular formula is C22H27N3O4S. The highest BCUT2D eigenvalue weighted by molar-refractivity contribution is 7.89. The highest BCUT2D eigenvalue weighted by Gasteiger charge is 2.37.